The van der Waals surface area contributed by atoms with Crippen molar-refractivity contribution in [3.05, 3.63) is 48.2 Å². The van der Waals surface area contributed by atoms with Gasteiger partial charge in [0.1, 0.15) is 11.3 Å². The van der Waals surface area contributed by atoms with Gasteiger partial charge in [-0.05, 0) is 55.9 Å². The number of benzene rings is 2. The maximum atomic E-state index is 5.37. The molecule has 4 aromatic rings. The Bertz CT molecular complexity index is 1210. The van der Waals surface area contributed by atoms with Crippen LogP contribution in [0.5, 0.6) is 5.75 Å². The Kier molecular flexibility index (Phi) is 4.67. The summed E-state index contributed by atoms with van der Waals surface area (Å²) in [6.45, 7) is 6.50. The summed E-state index contributed by atoms with van der Waals surface area (Å²) in [5, 5.41) is 12.9. The number of nitrogens with zero attached hydrogens (tertiary/aromatic N) is 4. The van der Waals surface area contributed by atoms with E-state index in [9.17, 15) is 0 Å². The summed E-state index contributed by atoms with van der Waals surface area (Å²) < 4.78 is 5.37. The van der Waals surface area contributed by atoms with Gasteiger partial charge in [-0.2, -0.15) is 5.10 Å². The maximum absolute atomic E-state index is 5.37. The number of hydrogen-bond donors (Lipinski definition) is 2. The number of likely N-dealkylation sites (N-methyl/N-ethyl adjacent to an activating group) is 1. The zero-order chi connectivity index (χ0) is 20.7. The summed E-state index contributed by atoms with van der Waals surface area (Å²) in [5.41, 5.74) is 5.37. The summed E-state index contributed by atoms with van der Waals surface area (Å²) in [7, 11) is 3.85. The predicted molar refractivity (Wildman–Crippen MR) is 122 cm³/mol. The first kappa shape index (κ1) is 18.7. The molecule has 7 heteroatoms. The van der Waals surface area contributed by atoms with Gasteiger partial charge in [0.25, 0.3) is 0 Å². The summed E-state index contributed by atoms with van der Waals surface area (Å²) in [6, 6.07) is 12.4. The monoisotopic (exact) mass is 402 g/mol. The molecule has 0 unspecified atom stereocenters. The number of anilines is 3. The zero-order valence-electron chi connectivity index (χ0n) is 17.6. The second-order valence-electron chi connectivity index (χ2n) is 7.92. The van der Waals surface area contributed by atoms with Crippen LogP contribution in [0.2, 0.25) is 0 Å². The van der Waals surface area contributed by atoms with Crippen LogP contribution >= 0.6 is 0 Å². The highest BCUT2D eigenvalue weighted by atomic mass is 16.5. The van der Waals surface area contributed by atoms with Gasteiger partial charge in [-0.1, -0.05) is 0 Å². The van der Waals surface area contributed by atoms with E-state index in [4.69, 9.17) is 9.72 Å². The standard InChI is InChI=1S/C23H26N6O/c1-15-12-16(4-7-21(15)29-10-8-28(2)9-11-29)25-23-22-19(14-24-27-22)18-13-17(30-3)5-6-20(18)26-23/h4-7,12-14H,8-11H2,1-3H3,(H,24,27)(H,25,26). The normalized spacial score (nSPS) is 15.1. The van der Waals surface area contributed by atoms with Crippen molar-refractivity contribution in [2.24, 2.45) is 0 Å². The summed E-state index contributed by atoms with van der Waals surface area (Å²) in [4.78, 5) is 9.68. The Morgan fingerprint density at radius 1 is 1.03 bits per heavy atom. The molecule has 30 heavy (non-hydrogen) atoms. The number of ether oxygens (including phenoxy) is 1. The molecule has 1 saturated heterocycles. The fraction of sp³-hybridized carbons (Fsp3) is 0.304. The first-order valence-electron chi connectivity index (χ1n) is 10.2. The smallest absolute Gasteiger partial charge is 0.157 e. The molecule has 0 amide bonds. The van der Waals surface area contributed by atoms with E-state index in [-0.39, 0.29) is 0 Å². The van der Waals surface area contributed by atoms with Crippen molar-refractivity contribution in [1.29, 1.82) is 0 Å². The third-order valence-corrected chi connectivity index (χ3v) is 5.91. The average molecular weight is 403 g/mol. The van der Waals surface area contributed by atoms with Crippen molar-refractivity contribution in [1.82, 2.24) is 20.1 Å². The Hall–Kier alpha value is -3.32. The second-order valence-corrected chi connectivity index (χ2v) is 7.92. The van der Waals surface area contributed by atoms with Crippen LogP contribution in [0.3, 0.4) is 0 Å². The second kappa shape index (κ2) is 7.50. The van der Waals surface area contributed by atoms with E-state index in [1.807, 2.05) is 24.4 Å². The van der Waals surface area contributed by atoms with Crippen molar-refractivity contribution in [2.45, 2.75) is 6.92 Å². The van der Waals surface area contributed by atoms with Crippen LogP contribution in [0.25, 0.3) is 21.8 Å². The van der Waals surface area contributed by atoms with E-state index in [0.717, 1.165) is 65.2 Å². The van der Waals surface area contributed by atoms with Gasteiger partial charge in [0.05, 0.1) is 18.8 Å². The quantitative estimate of drug-likeness (QED) is 0.539. The Morgan fingerprint density at radius 2 is 1.87 bits per heavy atom. The number of aryl methyl sites for hydroxylation is 1. The highest BCUT2D eigenvalue weighted by Crippen LogP contribution is 2.32. The molecule has 0 radical (unpaired) electrons. The van der Waals surface area contributed by atoms with Gasteiger partial charge in [-0.3, -0.25) is 5.10 Å². The van der Waals surface area contributed by atoms with Gasteiger partial charge in [-0.15, -0.1) is 0 Å². The number of rotatable bonds is 4. The lowest BCUT2D eigenvalue weighted by Gasteiger charge is -2.35. The van der Waals surface area contributed by atoms with Gasteiger partial charge in [0.15, 0.2) is 5.82 Å². The van der Waals surface area contributed by atoms with Gasteiger partial charge in [-0.25, -0.2) is 4.98 Å². The Balaban J connectivity index is 1.48. The Morgan fingerprint density at radius 3 is 2.63 bits per heavy atom. The van der Waals surface area contributed by atoms with Crippen LogP contribution in [0.1, 0.15) is 5.56 Å². The molecular formula is C23H26N6O. The fourth-order valence-electron chi connectivity index (χ4n) is 4.17. The zero-order valence-corrected chi connectivity index (χ0v) is 17.6. The number of pyridine rings is 1. The molecule has 1 aliphatic heterocycles. The first-order valence-corrected chi connectivity index (χ1v) is 10.2. The molecule has 1 fully saturated rings. The molecule has 3 heterocycles. The van der Waals surface area contributed by atoms with Gasteiger partial charge < -0.3 is 19.9 Å². The number of nitrogens with one attached hydrogen (secondary N) is 2. The largest absolute Gasteiger partial charge is 0.497 e. The molecule has 2 aromatic heterocycles. The summed E-state index contributed by atoms with van der Waals surface area (Å²) in [5.74, 6) is 1.58. The summed E-state index contributed by atoms with van der Waals surface area (Å²) >= 11 is 0. The third-order valence-electron chi connectivity index (χ3n) is 5.91. The molecule has 0 bridgehead atoms. The number of fused-ring (bicyclic) bond motifs is 3. The molecule has 0 spiro atoms. The van der Waals surface area contributed by atoms with Crippen molar-refractivity contribution >= 4 is 39.0 Å². The van der Waals surface area contributed by atoms with E-state index in [1.165, 1.54) is 11.3 Å². The SMILES string of the molecule is COc1ccc2nc(Nc3ccc(N4CCN(C)CC4)c(C)c3)c3[nH]ncc3c2c1. The maximum Gasteiger partial charge on any atom is 0.157 e. The van der Waals surface area contributed by atoms with E-state index in [0.29, 0.717) is 0 Å². The molecule has 0 aliphatic carbocycles. The predicted octanol–water partition coefficient (Wildman–Crippen LogP) is 3.92. The van der Waals surface area contributed by atoms with Crippen molar-refractivity contribution < 1.29 is 4.74 Å². The van der Waals surface area contributed by atoms with Gasteiger partial charge in [0.2, 0.25) is 0 Å². The van der Waals surface area contributed by atoms with E-state index in [2.05, 4.69) is 57.5 Å². The highest BCUT2D eigenvalue weighted by molar-refractivity contribution is 6.09. The number of H-pyrrole nitrogens is 1. The van der Waals surface area contributed by atoms with Crippen molar-refractivity contribution in [3.8, 4) is 5.75 Å². The minimum Gasteiger partial charge on any atom is -0.497 e. The number of methoxy groups -OCH3 is 1. The number of piperazine rings is 1. The van der Waals surface area contributed by atoms with Crippen LogP contribution in [-0.4, -0.2) is 60.4 Å². The minimum atomic E-state index is 0.770. The van der Waals surface area contributed by atoms with Crippen LogP contribution in [0.4, 0.5) is 17.2 Å². The lowest BCUT2D eigenvalue weighted by atomic mass is 10.1. The number of hydrogen-bond acceptors (Lipinski definition) is 6. The Labute approximate surface area is 175 Å². The molecule has 5 rings (SSSR count). The highest BCUT2D eigenvalue weighted by Gasteiger charge is 2.17. The van der Waals surface area contributed by atoms with Crippen LogP contribution < -0.4 is 15.0 Å². The fourth-order valence-corrected chi connectivity index (χ4v) is 4.17. The first-order chi connectivity index (χ1) is 14.6. The third kappa shape index (κ3) is 3.31. The van der Waals surface area contributed by atoms with E-state index in [1.54, 1.807) is 7.11 Å². The van der Waals surface area contributed by atoms with E-state index < -0.39 is 0 Å². The molecular weight excluding hydrogens is 376 g/mol. The van der Waals surface area contributed by atoms with Crippen molar-refractivity contribution in [3.63, 3.8) is 0 Å². The molecule has 0 atom stereocenters. The molecule has 2 aromatic carbocycles. The molecule has 0 saturated carbocycles. The minimum absolute atomic E-state index is 0.770. The molecule has 2 N–H and O–H groups in total. The van der Waals surface area contributed by atoms with Gasteiger partial charge in [0, 0.05) is 48.3 Å². The topological polar surface area (TPSA) is 69.3 Å². The molecule has 1 aliphatic rings. The van der Waals surface area contributed by atoms with Crippen LogP contribution in [0.15, 0.2) is 42.6 Å². The number of aromatic nitrogens is 3. The lowest BCUT2D eigenvalue weighted by Crippen LogP contribution is -2.44. The van der Waals surface area contributed by atoms with Gasteiger partial charge >= 0.3 is 0 Å². The van der Waals surface area contributed by atoms with Crippen molar-refractivity contribution in [2.75, 3.05) is 50.6 Å². The lowest BCUT2D eigenvalue weighted by molar-refractivity contribution is 0.312. The van der Waals surface area contributed by atoms with Crippen LogP contribution in [-0.2, 0) is 0 Å². The number of aromatic amines is 1. The molecule has 7 nitrogen and oxygen atoms in total. The summed E-state index contributed by atoms with van der Waals surface area (Å²) in [6.07, 6.45) is 1.84. The van der Waals surface area contributed by atoms with Crippen LogP contribution in [0, 0.1) is 6.92 Å². The van der Waals surface area contributed by atoms with E-state index >= 15 is 0 Å². The average Bonchev–Trinajstić information content (AvgIpc) is 3.25. The molecule has 154 valence electrons.